The van der Waals surface area contributed by atoms with Crippen LogP contribution in [0.5, 0.6) is 0 Å². The predicted molar refractivity (Wildman–Crippen MR) is 80.3 cm³/mol. The van der Waals surface area contributed by atoms with E-state index in [4.69, 9.17) is 4.42 Å². The minimum absolute atomic E-state index is 0.0164. The molecule has 1 unspecified atom stereocenters. The Kier molecular flexibility index (Phi) is 3.92. The second kappa shape index (κ2) is 5.85. The number of benzene rings is 1. The van der Waals surface area contributed by atoms with Gasteiger partial charge in [-0.1, -0.05) is 24.3 Å². The summed E-state index contributed by atoms with van der Waals surface area (Å²) in [6.07, 6.45) is 2.36. The Balaban J connectivity index is 1.67. The lowest BCUT2D eigenvalue weighted by Gasteiger charge is -2.28. The van der Waals surface area contributed by atoms with E-state index < -0.39 is 10.8 Å². The predicted octanol–water partition coefficient (Wildman–Crippen LogP) is 2.28. The van der Waals surface area contributed by atoms with Gasteiger partial charge in [-0.05, 0) is 30.5 Å². The molecule has 1 aromatic heterocycles. The number of carbonyl (C=O) groups excluding carboxylic acids is 1. The van der Waals surface area contributed by atoms with Crippen LogP contribution in [0.15, 0.2) is 45.9 Å². The van der Waals surface area contributed by atoms with E-state index in [1.807, 2.05) is 18.2 Å². The molecule has 0 radical (unpaired) electrons. The van der Waals surface area contributed by atoms with Gasteiger partial charge >= 0.3 is 0 Å². The van der Waals surface area contributed by atoms with E-state index in [9.17, 15) is 9.00 Å². The first-order valence-electron chi connectivity index (χ1n) is 6.92. The van der Waals surface area contributed by atoms with E-state index in [2.05, 4.69) is 6.07 Å². The van der Waals surface area contributed by atoms with Crippen molar-refractivity contribution >= 4 is 16.7 Å². The molecule has 0 aliphatic carbocycles. The molecule has 1 amide bonds. The molecule has 2 heterocycles. The smallest absolute Gasteiger partial charge is 0.235 e. The fourth-order valence-electron chi connectivity index (χ4n) is 2.60. The molecule has 0 fully saturated rings. The molecule has 1 atom stereocenters. The van der Waals surface area contributed by atoms with Gasteiger partial charge in [0.15, 0.2) is 0 Å². The summed E-state index contributed by atoms with van der Waals surface area (Å²) < 4.78 is 17.4. The Labute approximate surface area is 126 Å². The lowest BCUT2D eigenvalue weighted by Crippen LogP contribution is -2.38. The first kappa shape index (κ1) is 14.1. The number of hydrogen-bond acceptors (Lipinski definition) is 3. The van der Waals surface area contributed by atoms with Crippen LogP contribution >= 0.6 is 0 Å². The summed E-state index contributed by atoms with van der Waals surface area (Å²) in [6.45, 7) is 3.06. The van der Waals surface area contributed by atoms with Crippen LogP contribution in [-0.2, 0) is 28.6 Å². The third kappa shape index (κ3) is 2.93. The van der Waals surface area contributed by atoms with E-state index in [0.29, 0.717) is 23.7 Å². The monoisotopic (exact) mass is 303 g/mol. The van der Waals surface area contributed by atoms with Crippen LogP contribution in [0.25, 0.3) is 0 Å². The van der Waals surface area contributed by atoms with E-state index in [1.54, 1.807) is 17.9 Å². The largest absolute Gasteiger partial charge is 0.468 e. The van der Waals surface area contributed by atoms with Gasteiger partial charge in [0.1, 0.15) is 11.5 Å². The highest BCUT2D eigenvalue weighted by Crippen LogP contribution is 2.20. The van der Waals surface area contributed by atoms with Crippen molar-refractivity contribution in [3.8, 4) is 0 Å². The molecular formula is C16H17NO3S. The van der Waals surface area contributed by atoms with E-state index >= 15 is 0 Å². The van der Waals surface area contributed by atoms with Crippen LogP contribution in [0, 0.1) is 6.92 Å². The average Bonchev–Trinajstić information content (AvgIpc) is 2.93. The van der Waals surface area contributed by atoms with E-state index in [-0.39, 0.29) is 11.7 Å². The molecule has 110 valence electrons. The van der Waals surface area contributed by atoms with Gasteiger partial charge < -0.3 is 9.32 Å². The van der Waals surface area contributed by atoms with Gasteiger partial charge in [0.2, 0.25) is 5.91 Å². The van der Waals surface area contributed by atoms with Crippen molar-refractivity contribution in [1.29, 1.82) is 0 Å². The van der Waals surface area contributed by atoms with Crippen molar-refractivity contribution in [2.24, 2.45) is 0 Å². The quantitative estimate of drug-likeness (QED) is 0.874. The van der Waals surface area contributed by atoms with Gasteiger partial charge in [-0.3, -0.25) is 9.00 Å². The molecule has 21 heavy (non-hydrogen) atoms. The summed E-state index contributed by atoms with van der Waals surface area (Å²) in [5, 5.41) is 0. The van der Waals surface area contributed by atoms with Crippen molar-refractivity contribution in [1.82, 2.24) is 4.90 Å². The summed E-state index contributed by atoms with van der Waals surface area (Å²) in [4.78, 5) is 14.7. The molecule has 0 saturated carbocycles. The van der Waals surface area contributed by atoms with Crippen molar-refractivity contribution in [2.75, 3.05) is 12.3 Å². The molecular weight excluding hydrogens is 286 g/mol. The summed E-state index contributed by atoms with van der Waals surface area (Å²) in [7, 11) is -1.34. The Morgan fingerprint density at radius 2 is 2.05 bits per heavy atom. The second-order valence-corrected chi connectivity index (χ2v) is 6.58. The van der Waals surface area contributed by atoms with E-state index in [0.717, 1.165) is 6.42 Å². The molecule has 2 aromatic rings. The van der Waals surface area contributed by atoms with Gasteiger partial charge in [0, 0.05) is 13.1 Å². The number of aryl methyl sites for hydroxylation is 1. The Morgan fingerprint density at radius 1 is 1.29 bits per heavy atom. The van der Waals surface area contributed by atoms with Crippen LogP contribution in [0.3, 0.4) is 0 Å². The van der Waals surface area contributed by atoms with Crippen molar-refractivity contribution in [3.05, 3.63) is 53.5 Å². The van der Waals surface area contributed by atoms with Crippen LogP contribution in [0.2, 0.25) is 0 Å². The van der Waals surface area contributed by atoms with Gasteiger partial charge in [-0.2, -0.15) is 0 Å². The lowest BCUT2D eigenvalue weighted by atomic mass is 10.00. The zero-order valence-corrected chi connectivity index (χ0v) is 12.7. The minimum Gasteiger partial charge on any atom is -0.468 e. The fraction of sp³-hybridized carbons (Fsp3) is 0.312. The van der Waals surface area contributed by atoms with Crippen molar-refractivity contribution in [2.45, 2.75) is 24.8 Å². The minimum atomic E-state index is -1.34. The normalized spacial score (nSPS) is 15.6. The Morgan fingerprint density at radius 3 is 2.76 bits per heavy atom. The third-order valence-corrected chi connectivity index (χ3v) is 5.22. The number of fused-ring (bicyclic) bond motifs is 1. The van der Waals surface area contributed by atoms with Gasteiger partial charge in [-0.15, -0.1) is 0 Å². The fourth-order valence-corrected chi connectivity index (χ4v) is 3.74. The first-order chi connectivity index (χ1) is 10.1. The summed E-state index contributed by atoms with van der Waals surface area (Å²) >= 11 is 0. The maximum absolute atomic E-state index is 12.3. The number of rotatable bonds is 3. The van der Waals surface area contributed by atoms with Crippen LogP contribution < -0.4 is 0 Å². The molecule has 1 aromatic carbocycles. The number of amides is 1. The van der Waals surface area contributed by atoms with Gasteiger partial charge in [-0.25, -0.2) is 0 Å². The molecule has 0 N–H and O–H groups in total. The summed E-state index contributed by atoms with van der Waals surface area (Å²) in [5.74, 6) is 0.566. The van der Waals surface area contributed by atoms with Crippen molar-refractivity contribution < 1.29 is 13.4 Å². The molecule has 0 saturated heterocycles. The molecule has 4 nitrogen and oxygen atoms in total. The maximum Gasteiger partial charge on any atom is 0.235 e. The first-order valence-corrected chi connectivity index (χ1v) is 8.24. The highest BCUT2D eigenvalue weighted by Gasteiger charge is 2.23. The highest BCUT2D eigenvalue weighted by molar-refractivity contribution is 7.85. The van der Waals surface area contributed by atoms with Gasteiger partial charge in [0.25, 0.3) is 0 Å². The zero-order chi connectivity index (χ0) is 14.8. The molecule has 1 aliphatic rings. The Hall–Kier alpha value is -1.88. The second-order valence-electron chi connectivity index (χ2n) is 5.16. The SMILES string of the molecule is Cc1occc1S(=O)CC(=O)N1CCc2ccccc2C1. The average molecular weight is 303 g/mol. The van der Waals surface area contributed by atoms with E-state index in [1.165, 1.54) is 17.4 Å². The molecule has 5 heteroatoms. The molecule has 0 bridgehead atoms. The number of furan rings is 1. The van der Waals surface area contributed by atoms with Gasteiger partial charge in [0.05, 0.1) is 22.0 Å². The number of hydrogen-bond donors (Lipinski definition) is 0. The van der Waals surface area contributed by atoms with Crippen LogP contribution in [0.4, 0.5) is 0 Å². The zero-order valence-electron chi connectivity index (χ0n) is 11.9. The highest BCUT2D eigenvalue weighted by atomic mass is 32.2. The number of carbonyl (C=O) groups is 1. The summed E-state index contributed by atoms with van der Waals surface area (Å²) in [6, 6.07) is 9.83. The molecule has 0 spiro atoms. The Bertz CT molecular complexity index is 692. The standard InChI is InChI=1S/C16H17NO3S/c1-12-15(7-9-20-12)21(19)11-16(18)17-8-6-13-4-2-3-5-14(13)10-17/h2-5,7,9H,6,8,10-11H2,1H3. The van der Waals surface area contributed by atoms with Crippen LogP contribution in [0.1, 0.15) is 16.9 Å². The topological polar surface area (TPSA) is 50.5 Å². The van der Waals surface area contributed by atoms with Crippen molar-refractivity contribution in [3.63, 3.8) is 0 Å². The maximum atomic E-state index is 12.3. The summed E-state index contributed by atoms with van der Waals surface area (Å²) in [5.41, 5.74) is 2.48. The molecule has 3 rings (SSSR count). The van der Waals surface area contributed by atoms with Crippen LogP contribution in [-0.4, -0.2) is 27.3 Å². The number of nitrogens with zero attached hydrogens (tertiary/aromatic N) is 1. The third-order valence-electron chi connectivity index (χ3n) is 3.79. The lowest BCUT2D eigenvalue weighted by molar-refractivity contribution is -0.129. The molecule has 1 aliphatic heterocycles.